The monoisotopic (exact) mass is 473 g/mol. The number of carbonyl (C=O) groups is 4. The number of hydrogen-bond acceptors (Lipinski definition) is 7. The van der Waals surface area contributed by atoms with Gasteiger partial charge in [0, 0.05) is 0 Å². The number of halogens is 1. The minimum absolute atomic E-state index is 0.00397. The van der Waals surface area contributed by atoms with Crippen molar-refractivity contribution in [3.05, 3.63) is 79.8 Å². The zero-order chi connectivity index (χ0) is 20.5. The standard InChI is InChI=1S/C20H12BrNO6S/c21-17-6-5-16(29-17)15(23)10-28-20(26)11-3-4-13-14(8-11)19(25)22(18(13)24)9-12-2-1-7-27-12/h1-8H,9-10H2. The number of esters is 1. The fraction of sp³-hybridized carbons (Fsp3) is 0.100. The molecule has 0 saturated carbocycles. The van der Waals surface area contributed by atoms with Gasteiger partial charge < -0.3 is 9.15 Å². The average molecular weight is 474 g/mol. The number of Topliss-reactive ketones (excluding diaryl/α,β-unsaturated/α-hetero) is 1. The molecule has 0 atom stereocenters. The Balaban J connectivity index is 1.47. The normalized spacial score (nSPS) is 12.9. The van der Waals surface area contributed by atoms with Crippen LogP contribution < -0.4 is 0 Å². The highest BCUT2D eigenvalue weighted by molar-refractivity contribution is 9.11. The van der Waals surface area contributed by atoms with Gasteiger partial charge in [-0.2, -0.15) is 0 Å². The molecule has 4 rings (SSSR count). The van der Waals surface area contributed by atoms with Gasteiger partial charge in [-0.25, -0.2) is 4.79 Å². The first-order valence-corrected chi connectivity index (χ1v) is 10.0. The third kappa shape index (κ3) is 3.79. The highest BCUT2D eigenvalue weighted by Gasteiger charge is 2.36. The molecule has 0 saturated heterocycles. The number of benzene rings is 1. The SMILES string of the molecule is O=C(OCC(=O)c1ccc(Br)s1)c1ccc2c(c1)C(=O)N(Cc1ccco1)C2=O. The average Bonchev–Trinajstić information content (AvgIpc) is 3.44. The summed E-state index contributed by atoms with van der Waals surface area (Å²) in [4.78, 5) is 51.0. The topological polar surface area (TPSA) is 93.9 Å². The highest BCUT2D eigenvalue weighted by Crippen LogP contribution is 2.26. The molecule has 3 heterocycles. The Morgan fingerprint density at radius 3 is 2.55 bits per heavy atom. The van der Waals surface area contributed by atoms with Gasteiger partial charge in [-0.15, -0.1) is 11.3 Å². The number of amides is 2. The zero-order valence-corrected chi connectivity index (χ0v) is 17.1. The molecule has 3 aromatic rings. The van der Waals surface area contributed by atoms with E-state index in [4.69, 9.17) is 9.15 Å². The summed E-state index contributed by atoms with van der Waals surface area (Å²) in [6, 6.07) is 10.8. The van der Waals surface area contributed by atoms with E-state index in [-0.39, 0.29) is 29.0 Å². The van der Waals surface area contributed by atoms with E-state index >= 15 is 0 Å². The number of thiophene rings is 1. The van der Waals surface area contributed by atoms with Crippen molar-refractivity contribution in [2.24, 2.45) is 0 Å². The largest absolute Gasteiger partial charge is 0.467 e. The van der Waals surface area contributed by atoms with Crippen LogP contribution in [0.2, 0.25) is 0 Å². The van der Waals surface area contributed by atoms with Gasteiger partial charge in [0.25, 0.3) is 11.8 Å². The van der Waals surface area contributed by atoms with Gasteiger partial charge >= 0.3 is 5.97 Å². The lowest BCUT2D eigenvalue weighted by Crippen LogP contribution is -2.28. The van der Waals surface area contributed by atoms with Crippen molar-refractivity contribution in [1.29, 1.82) is 0 Å². The fourth-order valence-electron chi connectivity index (χ4n) is 2.87. The fourth-order valence-corrected chi connectivity index (χ4v) is 4.18. The van der Waals surface area contributed by atoms with Crippen LogP contribution in [-0.2, 0) is 11.3 Å². The molecule has 0 bridgehead atoms. The third-order valence-electron chi connectivity index (χ3n) is 4.28. The summed E-state index contributed by atoms with van der Waals surface area (Å²) in [7, 11) is 0. The molecule has 9 heteroatoms. The minimum atomic E-state index is -0.749. The van der Waals surface area contributed by atoms with Crippen LogP contribution in [0.3, 0.4) is 0 Å². The molecule has 146 valence electrons. The van der Waals surface area contributed by atoms with Crippen molar-refractivity contribution < 1.29 is 28.3 Å². The number of furan rings is 1. The lowest BCUT2D eigenvalue weighted by molar-refractivity contribution is 0.0475. The van der Waals surface area contributed by atoms with Crippen LogP contribution in [0.1, 0.15) is 46.5 Å². The minimum Gasteiger partial charge on any atom is -0.467 e. The molecular weight excluding hydrogens is 462 g/mol. The Kier molecular flexibility index (Phi) is 5.16. The number of imide groups is 1. The number of carbonyl (C=O) groups excluding carboxylic acids is 4. The molecule has 0 radical (unpaired) electrons. The molecule has 0 fully saturated rings. The summed E-state index contributed by atoms with van der Waals surface area (Å²) in [6.45, 7) is -0.412. The van der Waals surface area contributed by atoms with Crippen molar-refractivity contribution in [3.63, 3.8) is 0 Å². The van der Waals surface area contributed by atoms with E-state index in [9.17, 15) is 19.2 Å². The van der Waals surface area contributed by atoms with Crippen molar-refractivity contribution >= 4 is 50.8 Å². The molecule has 2 aromatic heterocycles. The van der Waals surface area contributed by atoms with Crippen LogP contribution in [0.4, 0.5) is 0 Å². The van der Waals surface area contributed by atoms with Crippen LogP contribution in [0, 0.1) is 0 Å². The maximum absolute atomic E-state index is 12.6. The van der Waals surface area contributed by atoms with Crippen molar-refractivity contribution in [2.45, 2.75) is 6.54 Å². The van der Waals surface area contributed by atoms with Crippen molar-refractivity contribution in [2.75, 3.05) is 6.61 Å². The first kappa shape index (κ1) is 19.3. The van der Waals surface area contributed by atoms with Gasteiger partial charge in [-0.05, 0) is 58.4 Å². The molecule has 29 heavy (non-hydrogen) atoms. The van der Waals surface area contributed by atoms with E-state index in [2.05, 4.69) is 15.9 Å². The summed E-state index contributed by atoms with van der Waals surface area (Å²) in [5.41, 5.74) is 0.409. The number of ether oxygens (including phenoxy) is 1. The van der Waals surface area contributed by atoms with Crippen molar-refractivity contribution in [3.8, 4) is 0 Å². The smallest absolute Gasteiger partial charge is 0.338 e. The number of ketones is 1. The summed E-state index contributed by atoms with van der Waals surface area (Å²) in [5, 5.41) is 0. The number of nitrogens with zero attached hydrogens (tertiary/aromatic N) is 1. The molecule has 0 unspecified atom stereocenters. The summed E-state index contributed by atoms with van der Waals surface area (Å²) in [5.74, 6) is -1.58. The Hall–Kier alpha value is -3.04. The van der Waals surface area contributed by atoms with E-state index < -0.39 is 24.4 Å². The highest BCUT2D eigenvalue weighted by atomic mass is 79.9. The van der Waals surface area contributed by atoms with Gasteiger partial charge in [0.1, 0.15) is 5.76 Å². The predicted octanol–water partition coefficient (Wildman–Crippen LogP) is 3.94. The second kappa shape index (κ2) is 7.76. The molecule has 7 nitrogen and oxygen atoms in total. The Morgan fingerprint density at radius 2 is 1.86 bits per heavy atom. The Bertz CT molecular complexity index is 1130. The second-order valence-electron chi connectivity index (χ2n) is 6.14. The van der Waals surface area contributed by atoms with Crippen LogP contribution >= 0.6 is 27.3 Å². The second-order valence-corrected chi connectivity index (χ2v) is 8.60. The van der Waals surface area contributed by atoms with E-state index in [0.717, 1.165) is 8.69 Å². The van der Waals surface area contributed by atoms with Crippen LogP contribution in [-0.4, -0.2) is 35.1 Å². The quantitative estimate of drug-likeness (QED) is 0.305. The van der Waals surface area contributed by atoms with Crippen molar-refractivity contribution in [1.82, 2.24) is 4.90 Å². The molecule has 0 aliphatic carbocycles. The van der Waals surface area contributed by atoms with Crippen LogP contribution in [0.25, 0.3) is 0 Å². The summed E-state index contributed by atoms with van der Waals surface area (Å²) >= 11 is 4.51. The molecule has 2 amide bonds. The molecule has 0 spiro atoms. The van der Waals surface area contributed by atoms with E-state index in [1.54, 1.807) is 24.3 Å². The summed E-state index contributed by atoms with van der Waals surface area (Å²) < 4.78 is 11.1. The van der Waals surface area contributed by atoms with Gasteiger partial charge in [0.05, 0.1) is 38.2 Å². The van der Waals surface area contributed by atoms with Gasteiger partial charge in [0.2, 0.25) is 5.78 Å². The number of fused-ring (bicyclic) bond motifs is 1. The van der Waals surface area contributed by atoms with Gasteiger partial charge in [-0.1, -0.05) is 0 Å². The molecular formula is C20H12BrNO6S. The Morgan fingerprint density at radius 1 is 1.07 bits per heavy atom. The van der Waals surface area contributed by atoms with Crippen LogP contribution in [0.5, 0.6) is 0 Å². The molecule has 1 aliphatic rings. The molecule has 0 N–H and O–H groups in total. The number of rotatable bonds is 6. The van der Waals surface area contributed by atoms with Crippen LogP contribution in [0.15, 0.2) is 56.9 Å². The molecule has 1 aliphatic heterocycles. The van der Waals surface area contributed by atoms with E-state index in [0.29, 0.717) is 10.6 Å². The third-order valence-corrected chi connectivity index (χ3v) is 5.95. The zero-order valence-electron chi connectivity index (χ0n) is 14.7. The summed E-state index contributed by atoms with van der Waals surface area (Å²) in [6.07, 6.45) is 1.46. The first-order valence-electron chi connectivity index (χ1n) is 8.42. The maximum atomic E-state index is 12.6. The predicted molar refractivity (Wildman–Crippen MR) is 106 cm³/mol. The van der Waals surface area contributed by atoms with Gasteiger partial charge in [-0.3, -0.25) is 19.3 Å². The first-order chi connectivity index (χ1) is 13.9. The van der Waals surface area contributed by atoms with E-state index in [1.807, 2.05) is 0 Å². The lowest BCUT2D eigenvalue weighted by Gasteiger charge is -2.11. The maximum Gasteiger partial charge on any atom is 0.338 e. The van der Waals surface area contributed by atoms with Gasteiger partial charge in [0.15, 0.2) is 6.61 Å². The number of hydrogen-bond donors (Lipinski definition) is 0. The molecule has 1 aromatic carbocycles. The Labute approximate surface area is 177 Å². The lowest BCUT2D eigenvalue weighted by atomic mass is 10.1. The van der Waals surface area contributed by atoms with E-state index in [1.165, 1.54) is 35.8 Å².